The van der Waals surface area contributed by atoms with Crippen LogP contribution >= 0.6 is 0 Å². The lowest BCUT2D eigenvalue weighted by Crippen LogP contribution is -2.06. The summed E-state index contributed by atoms with van der Waals surface area (Å²) in [6, 6.07) is 9.31. The number of benzene rings is 1. The Labute approximate surface area is 109 Å². The van der Waals surface area contributed by atoms with Crippen LogP contribution in [0.25, 0.3) is 0 Å². The number of ether oxygens (including phenoxy) is 1. The minimum Gasteiger partial charge on any atom is -0.486 e. The largest absolute Gasteiger partial charge is 0.486 e. The molecule has 1 aliphatic carbocycles. The van der Waals surface area contributed by atoms with Gasteiger partial charge in [0.1, 0.15) is 18.7 Å². The van der Waals surface area contributed by atoms with E-state index in [1.807, 2.05) is 30.3 Å². The molecule has 4 nitrogen and oxygen atoms in total. The molecular formula is C13H13F2N3O. The van der Waals surface area contributed by atoms with E-state index in [9.17, 15) is 8.78 Å². The molecule has 1 aromatic heterocycles. The number of aromatic nitrogens is 3. The zero-order valence-corrected chi connectivity index (χ0v) is 10.2. The predicted molar refractivity (Wildman–Crippen MR) is 63.9 cm³/mol. The SMILES string of the molecule is FC1(F)CC1Cn1cnc(COc2ccccc2)n1. The second-order valence-electron chi connectivity index (χ2n) is 4.65. The highest BCUT2D eigenvalue weighted by Gasteiger charge is 2.56. The summed E-state index contributed by atoms with van der Waals surface area (Å²) < 4.78 is 32.5. The molecule has 1 fully saturated rings. The van der Waals surface area contributed by atoms with Crippen molar-refractivity contribution >= 4 is 0 Å². The Kier molecular flexibility index (Phi) is 2.93. The van der Waals surface area contributed by atoms with Gasteiger partial charge in [0.15, 0.2) is 5.82 Å². The van der Waals surface area contributed by atoms with Crippen molar-refractivity contribution in [3.8, 4) is 5.75 Å². The van der Waals surface area contributed by atoms with E-state index in [4.69, 9.17) is 4.74 Å². The minimum atomic E-state index is -2.52. The van der Waals surface area contributed by atoms with Crippen molar-refractivity contribution in [2.75, 3.05) is 0 Å². The third kappa shape index (κ3) is 2.89. The summed E-state index contributed by atoms with van der Waals surface area (Å²) in [4.78, 5) is 4.04. The first kappa shape index (κ1) is 12.1. The summed E-state index contributed by atoms with van der Waals surface area (Å²) in [6.07, 6.45) is 1.42. The molecule has 1 atom stereocenters. The van der Waals surface area contributed by atoms with Gasteiger partial charge in [-0.25, -0.2) is 13.8 Å². The Bertz CT molecular complexity index is 556. The number of hydrogen-bond donors (Lipinski definition) is 0. The molecule has 1 unspecified atom stereocenters. The minimum absolute atomic E-state index is 0.0529. The zero-order valence-electron chi connectivity index (χ0n) is 10.2. The van der Waals surface area contributed by atoms with Crippen molar-refractivity contribution < 1.29 is 13.5 Å². The van der Waals surface area contributed by atoms with Gasteiger partial charge in [-0.2, -0.15) is 5.10 Å². The van der Waals surface area contributed by atoms with Gasteiger partial charge < -0.3 is 4.74 Å². The number of hydrogen-bond acceptors (Lipinski definition) is 3. The molecule has 0 radical (unpaired) electrons. The standard InChI is InChI=1S/C13H13F2N3O/c14-13(15)6-10(13)7-18-9-16-12(17-18)8-19-11-4-2-1-3-5-11/h1-5,9-10H,6-8H2. The predicted octanol–water partition coefficient (Wildman–Crippen LogP) is 2.51. The third-order valence-electron chi connectivity index (χ3n) is 3.06. The highest BCUT2D eigenvalue weighted by Crippen LogP contribution is 2.49. The van der Waals surface area contributed by atoms with Gasteiger partial charge in [-0.05, 0) is 12.1 Å². The number of alkyl halides is 2. The lowest BCUT2D eigenvalue weighted by molar-refractivity contribution is 0.0941. The van der Waals surface area contributed by atoms with Gasteiger partial charge in [-0.15, -0.1) is 0 Å². The molecule has 1 aromatic carbocycles. The molecule has 2 aromatic rings. The van der Waals surface area contributed by atoms with E-state index >= 15 is 0 Å². The Morgan fingerprint density at radius 1 is 1.32 bits per heavy atom. The maximum Gasteiger partial charge on any atom is 0.253 e. The molecule has 0 aliphatic heterocycles. The molecule has 100 valence electrons. The highest BCUT2D eigenvalue weighted by atomic mass is 19.3. The lowest BCUT2D eigenvalue weighted by Gasteiger charge is -2.02. The van der Waals surface area contributed by atoms with Gasteiger partial charge in [0, 0.05) is 12.3 Å². The van der Waals surface area contributed by atoms with Crippen molar-refractivity contribution in [1.29, 1.82) is 0 Å². The molecular weight excluding hydrogens is 252 g/mol. The van der Waals surface area contributed by atoms with E-state index in [2.05, 4.69) is 10.1 Å². The summed E-state index contributed by atoms with van der Waals surface area (Å²) in [7, 11) is 0. The molecule has 1 saturated carbocycles. The van der Waals surface area contributed by atoms with Crippen molar-refractivity contribution in [2.24, 2.45) is 5.92 Å². The van der Waals surface area contributed by atoms with Crippen LogP contribution in [-0.4, -0.2) is 20.7 Å². The van der Waals surface area contributed by atoms with Crippen molar-refractivity contribution in [2.45, 2.75) is 25.5 Å². The Balaban J connectivity index is 1.54. The molecule has 6 heteroatoms. The van der Waals surface area contributed by atoms with E-state index in [1.165, 1.54) is 11.0 Å². The molecule has 1 heterocycles. The number of para-hydroxylation sites is 1. The summed E-state index contributed by atoms with van der Waals surface area (Å²) >= 11 is 0. The molecule has 0 saturated heterocycles. The fraction of sp³-hybridized carbons (Fsp3) is 0.385. The zero-order chi connectivity index (χ0) is 13.3. The van der Waals surface area contributed by atoms with Crippen molar-refractivity contribution in [3.05, 3.63) is 42.5 Å². The Hall–Kier alpha value is -1.98. The number of halogens is 2. The lowest BCUT2D eigenvalue weighted by atomic mass is 10.3. The summed E-state index contributed by atoms with van der Waals surface area (Å²) in [5.41, 5.74) is 0. The first-order chi connectivity index (χ1) is 9.13. The van der Waals surface area contributed by atoms with Crippen LogP contribution < -0.4 is 4.74 Å². The average molecular weight is 265 g/mol. The monoisotopic (exact) mass is 265 g/mol. The maximum atomic E-state index is 12.8. The van der Waals surface area contributed by atoms with E-state index in [0.29, 0.717) is 5.82 Å². The third-order valence-corrected chi connectivity index (χ3v) is 3.06. The quantitative estimate of drug-likeness (QED) is 0.834. The summed E-state index contributed by atoms with van der Waals surface area (Å²) in [6.45, 7) is 0.448. The normalized spacial score (nSPS) is 20.2. The molecule has 0 N–H and O–H groups in total. The van der Waals surface area contributed by atoms with E-state index in [0.717, 1.165) is 5.75 Å². The van der Waals surface area contributed by atoms with Gasteiger partial charge in [-0.1, -0.05) is 18.2 Å². The smallest absolute Gasteiger partial charge is 0.253 e. The van der Waals surface area contributed by atoms with Crippen molar-refractivity contribution in [1.82, 2.24) is 14.8 Å². The van der Waals surface area contributed by atoms with E-state index in [1.54, 1.807) is 0 Å². The van der Waals surface area contributed by atoms with Crippen molar-refractivity contribution in [3.63, 3.8) is 0 Å². The second kappa shape index (κ2) is 4.60. The molecule has 19 heavy (non-hydrogen) atoms. The fourth-order valence-corrected chi connectivity index (χ4v) is 1.85. The van der Waals surface area contributed by atoms with Crippen LogP contribution in [0, 0.1) is 5.92 Å². The second-order valence-corrected chi connectivity index (χ2v) is 4.65. The number of nitrogens with zero attached hydrogens (tertiary/aromatic N) is 3. The van der Waals surface area contributed by atoms with Crippen LogP contribution in [0.15, 0.2) is 36.7 Å². The van der Waals surface area contributed by atoms with Crippen LogP contribution in [0.1, 0.15) is 12.2 Å². The Morgan fingerprint density at radius 2 is 2.05 bits per heavy atom. The van der Waals surface area contributed by atoms with Gasteiger partial charge in [-0.3, -0.25) is 4.68 Å². The first-order valence-corrected chi connectivity index (χ1v) is 6.07. The van der Waals surface area contributed by atoms with Crippen LogP contribution in [0.3, 0.4) is 0 Å². The number of rotatable bonds is 5. The highest BCUT2D eigenvalue weighted by molar-refractivity contribution is 5.20. The van der Waals surface area contributed by atoms with Gasteiger partial charge in [0.25, 0.3) is 5.92 Å². The van der Waals surface area contributed by atoms with Crippen LogP contribution in [-0.2, 0) is 13.2 Å². The van der Waals surface area contributed by atoms with E-state index < -0.39 is 11.8 Å². The molecule has 1 aliphatic rings. The molecule has 0 bridgehead atoms. The van der Waals surface area contributed by atoms with E-state index in [-0.39, 0.29) is 19.6 Å². The average Bonchev–Trinajstić information content (AvgIpc) is 2.81. The van der Waals surface area contributed by atoms with Crippen LogP contribution in [0.5, 0.6) is 5.75 Å². The van der Waals surface area contributed by atoms with Crippen LogP contribution in [0.2, 0.25) is 0 Å². The van der Waals surface area contributed by atoms with Gasteiger partial charge in [0.05, 0.1) is 6.54 Å². The first-order valence-electron chi connectivity index (χ1n) is 6.07. The van der Waals surface area contributed by atoms with Gasteiger partial charge in [0.2, 0.25) is 0 Å². The topological polar surface area (TPSA) is 39.9 Å². The maximum absolute atomic E-state index is 12.8. The van der Waals surface area contributed by atoms with Gasteiger partial charge >= 0.3 is 0 Å². The fourth-order valence-electron chi connectivity index (χ4n) is 1.85. The molecule has 0 spiro atoms. The molecule has 0 amide bonds. The Morgan fingerprint density at radius 3 is 2.74 bits per heavy atom. The summed E-state index contributed by atoms with van der Waals surface area (Å²) in [5.74, 6) is -1.90. The van der Waals surface area contributed by atoms with Crippen LogP contribution in [0.4, 0.5) is 8.78 Å². The molecule has 3 rings (SSSR count). The summed E-state index contributed by atoms with van der Waals surface area (Å²) in [5, 5.41) is 4.12.